The van der Waals surface area contributed by atoms with Gasteiger partial charge in [0.15, 0.2) is 4.67 Å². The fourth-order valence-electron chi connectivity index (χ4n) is 1.60. The molecule has 2 heterocycles. The summed E-state index contributed by atoms with van der Waals surface area (Å²) in [4.78, 5) is 11.6. The van der Waals surface area contributed by atoms with Crippen LogP contribution in [-0.4, -0.2) is 18.0 Å². The van der Waals surface area contributed by atoms with Crippen molar-refractivity contribution >= 4 is 21.8 Å². The molecule has 1 aliphatic heterocycles. The maximum Gasteiger partial charge on any atom is 0.245 e. The highest BCUT2D eigenvalue weighted by Gasteiger charge is 2.35. The third-order valence-electron chi connectivity index (χ3n) is 2.38. The number of furan rings is 1. The number of carbonyl (C=O) groups is 1. The van der Waals surface area contributed by atoms with Crippen LogP contribution in [0.4, 0.5) is 0 Å². The molecule has 15 heavy (non-hydrogen) atoms. The van der Waals surface area contributed by atoms with Crippen LogP contribution in [0.25, 0.3) is 0 Å². The van der Waals surface area contributed by atoms with Gasteiger partial charge in [-0.1, -0.05) is 0 Å². The molecule has 0 bridgehead atoms. The van der Waals surface area contributed by atoms with Crippen molar-refractivity contribution in [2.24, 2.45) is 0 Å². The van der Waals surface area contributed by atoms with Crippen LogP contribution in [0.2, 0.25) is 0 Å². The lowest BCUT2D eigenvalue weighted by molar-refractivity contribution is -0.126. The number of hydrogen-bond donors (Lipinski definition) is 2. The van der Waals surface area contributed by atoms with E-state index in [1.807, 2.05) is 13.8 Å². The Morgan fingerprint density at radius 3 is 2.87 bits per heavy atom. The lowest BCUT2D eigenvalue weighted by Gasteiger charge is -2.35. The minimum Gasteiger partial charge on any atom is -0.452 e. The standard InChI is InChI=1S/C10H13BrN2O2/c1-10(2)5-12-9(14)8(13-10)6-3-4-7(11)15-6/h3-4,8,13H,5H2,1-2H3,(H,12,14). The van der Waals surface area contributed by atoms with Gasteiger partial charge in [-0.2, -0.15) is 0 Å². The van der Waals surface area contributed by atoms with E-state index in [9.17, 15) is 4.79 Å². The van der Waals surface area contributed by atoms with Gasteiger partial charge in [0.05, 0.1) is 0 Å². The largest absolute Gasteiger partial charge is 0.452 e. The maximum atomic E-state index is 11.6. The predicted molar refractivity (Wildman–Crippen MR) is 59.4 cm³/mol. The minimum absolute atomic E-state index is 0.0452. The van der Waals surface area contributed by atoms with Gasteiger partial charge in [0.25, 0.3) is 0 Å². The molecule has 1 amide bonds. The SMILES string of the molecule is CC1(C)CNC(=O)C(c2ccc(Br)o2)N1. The van der Waals surface area contributed by atoms with Crippen molar-refractivity contribution in [2.75, 3.05) is 6.54 Å². The number of rotatable bonds is 1. The highest BCUT2D eigenvalue weighted by atomic mass is 79.9. The van der Waals surface area contributed by atoms with Crippen LogP contribution < -0.4 is 10.6 Å². The lowest BCUT2D eigenvalue weighted by atomic mass is 9.99. The van der Waals surface area contributed by atoms with Gasteiger partial charge in [-0.3, -0.25) is 10.1 Å². The zero-order valence-electron chi connectivity index (χ0n) is 8.63. The van der Waals surface area contributed by atoms with Gasteiger partial charge < -0.3 is 9.73 Å². The summed E-state index contributed by atoms with van der Waals surface area (Å²) in [7, 11) is 0. The Bertz CT molecular complexity index is 387. The van der Waals surface area contributed by atoms with Crippen LogP contribution in [0.3, 0.4) is 0 Å². The molecule has 1 saturated heterocycles. The van der Waals surface area contributed by atoms with Crippen molar-refractivity contribution in [2.45, 2.75) is 25.4 Å². The summed E-state index contributed by atoms with van der Waals surface area (Å²) in [6.45, 7) is 4.71. The first kappa shape index (κ1) is 10.7. The molecule has 1 atom stereocenters. The molecule has 1 fully saturated rings. The van der Waals surface area contributed by atoms with Gasteiger partial charge in [-0.15, -0.1) is 0 Å². The zero-order chi connectivity index (χ0) is 11.1. The average molecular weight is 273 g/mol. The zero-order valence-corrected chi connectivity index (χ0v) is 10.2. The second kappa shape index (κ2) is 3.64. The molecule has 1 aliphatic rings. The molecule has 2 N–H and O–H groups in total. The van der Waals surface area contributed by atoms with E-state index in [0.717, 1.165) is 0 Å². The van der Waals surface area contributed by atoms with Crippen molar-refractivity contribution in [3.8, 4) is 0 Å². The molecule has 0 aliphatic carbocycles. The normalized spacial score (nSPS) is 25.0. The number of hydrogen-bond acceptors (Lipinski definition) is 3. The first-order valence-corrected chi connectivity index (χ1v) is 5.58. The molecule has 1 aromatic heterocycles. The second-order valence-electron chi connectivity index (χ2n) is 4.32. The van der Waals surface area contributed by atoms with Crippen molar-refractivity contribution < 1.29 is 9.21 Å². The minimum atomic E-state index is -0.403. The van der Waals surface area contributed by atoms with E-state index in [1.165, 1.54) is 0 Å². The third-order valence-corrected chi connectivity index (χ3v) is 2.81. The number of halogens is 1. The molecular weight excluding hydrogens is 260 g/mol. The Hall–Kier alpha value is -0.810. The fraction of sp³-hybridized carbons (Fsp3) is 0.500. The Morgan fingerprint density at radius 2 is 2.27 bits per heavy atom. The number of carbonyl (C=O) groups excluding carboxylic acids is 1. The van der Waals surface area contributed by atoms with Crippen LogP contribution >= 0.6 is 15.9 Å². The monoisotopic (exact) mass is 272 g/mol. The first-order valence-electron chi connectivity index (χ1n) is 4.79. The number of nitrogens with one attached hydrogen (secondary N) is 2. The molecule has 1 unspecified atom stereocenters. The molecular formula is C10H13BrN2O2. The topological polar surface area (TPSA) is 54.3 Å². The van der Waals surface area contributed by atoms with Crippen molar-refractivity contribution in [3.63, 3.8) is 0 Å². The molecule has 82 valence electrons. The summed E-state index contributed by atoms with van der Waals surface area (Å²) in [6, 6.07) is 3.18. The van der Waals surface area contributed by atoms with Crippen LogP contribution in [-0.2, 0) is 4.79 Å². The average Bonchev–Trinajstić information content (AvgIpc) is 2.56. The van der Waals surface area contributed by atoms with Gasteiger partial charge in [0, 0.05) is 12.1 Å². The van der Waals surface area contributed by atoms with Crippen LogP contribution in [0.1, 0.15) is 25.6 Å². The Balaban J connectivity index is 2.23. The van der Waals surface area contributed by atoms with E-state index in [0.29, 0.717) is 17.0 Å². The van der Waals surface area contributed by atoms with Crippen molar-refractivity contribution in [1.29, 1.82) is 0 Å². The summed E-state index contributed by atoms with van der Waals surface area (Å²) in [6.07, 6.45) is 0. The summed E-state index contributed by atoms with van der Waals surface area (Å²) >= 11 is 3.22. The first-order chi connectivity index (χ1) is 6.98. The maximum absolute atomic E-state index is 11.6. The van der Waals surface area contributed by atoms with Gasteiger partial charge in [-0.05, 0) is 41.9 Å². The van der Waals surface area contributed by atoms with E-state index in [-0.39, 0.29) is 11.4 Å². The molecule has 0 radical (unpaired) electrons. The van der Waals surface area contributed by atoms with E-state index < -0.39 is 6.04 Å². The Kier molecular flexibility index (Phi) is 2.60. The third kappa shape index (κ3) is 2.23. The fourth-order valence-corrected chi connectivity index (χ4v) is 1.92. The van der Waals surface area contributed by atoms with Gasteiger partial charge in [0.2, 0.25) is 5.91 Å². The second-order valence-corrected chi connectivity index (χ2v) is 5.10. The van der Waals surface area contributed by atoms with E-state index in [2.05, 4.69) is 26.6 Å². The lowest BCUT2D eigenvalue weighted by Crippen LogP contribution is -2.59. The van der Waals surface area contributed by atoms with E-state index in [4.69, 9.17) is 4.42 Å². The molecule has 0 aromatic carbocycles. The smallest absolute Gasteiger partial charge is 0.245 e. The molecule has 0 saturated carbocycles. The van der Waals surface area contributed by atoms with E-state index in [1.54, 1.807) is 12.1 Å². The van der Waals surface area contributed by atoms with Crippen LogP contribution in [0.5, 0.6) is 0 Å². The van der Waals surface area contributed by atoms with Crippen LogP contribution in [0.15, 0.2) is 21.2 Å². The number of piperazine rings is 1. The Morgan fingerprint density at radius 1 is 1.53 bits per heavy atom. The predicted octanol–water partition coefficient (Wildman–Crippen LogP) is 1.58. The molecule has 1 aromatic rings. The highest BCUT2D eigenvalue weighted by Crippen LogP contribution is 2.24. The molecule has 0 spiro atoms. The molecule has 5 heteroatoms. The summed E-state index contributed by atoms with van der Waals surface area (Å²) in [5.74, 6) is 0.586. The van der Waals surface area contributed by atoms with Gasteiger partial charge >= 0.3 is 0 Å². The Labute approximate surface area is 96.5 Å². The quantitative estimate of drug-likeness (QED) is 0.816. The summed E-state index contributed by atoms with van der Waals surface area (Å²) in [5, 5.41) is 6.10. The van der Waals surface area contributed by atoms with Crippen molar-refractivity contribution in [1.82, 2.24) is 10.6 Å². The molecule has 2 rings (SSSR count). The van der Waals surface area contributed by atoms with Gasteiger partial charge in [0.1, 0.15) is 11.8 Å². The van der Waals surface area contributed by atoms with Crippen LogP contribution in [0, 0.1) is 0 Å². The molecule has 4 nitrogen and oxygen atoms in total. The highest BCUT2D eigenvalue weighted by molar-refractivity contribution is 9.10. The summed E-state index contributed by atoms with van der Waals surface area (Å²) in [5.41, 5.74) is -0.113. The summed E-state index contributed by atoms with van der Waals surface area (Å²) < 4.78 is 6.01. The van der Waals surface area contributed by atoms with E-state index >= 15 is 0 Å². The van der Waals surface area contributed by atoms with Crippen molar-refractivity contribution in [3.05, 3.63) is 22.6 Å². The van der Waals surface area contributed by atoms with Gasteiger partial charge in [-0.25, -0.2) is 0 Å². The number of amides is 1.